The van der Waals surface area contributed by atoms with E-state index < -0.39 is 18.3 Å². The van der Waals surface area contributed by atoms with Crippen LogP contribution >= 0.6 is 0 Å². The van der Waals surface area contributed by atoms with Gasteiger partial charge in [0.15, 0.2) is 0 Å². The molecule has 0 amide bonds. The van der Waals surface area contributed by atoms with Crippen molar-refractivity contribution < 1.29 is 20.4 Å². The van der Waals surface area contributed by atoms with Gasteiger partial charge in [-0.2, -0.15) is 0 Å². The van der Waals surface area contributed by atoms with E-state index in [9.17, 15) is 15.3 Å². The molecule has 0 rings (SSSR count). The van der Waals surface area contributed by atoms with Gasteiger partial charge in [0.2, 0.25) is 0 Å². The Labute approximate surface area is 97.1 Å². The molecule has 0 saturated heterocycles. The summed E-state index contributed by atoms with van der Waals surface area (Å²) in [6, 6.07) is 0.317. The summed E-state index contributed by atoms with van der Waals surface area (Å²) in [5.74, 6) is 0. The van der Waals surface area contributed by atoms with Crippen LogP contribution in [0.1, 0.15) is 33.1 Å². The molecule has 98 valence electrons. The smallest absolute Gasteiger partial charge is 0.107 e. The maximum absolute atomic E-state index is 9.60. The van der Waals surface area contributed by atoms with Crippen molar-refractivity contribution >= 4 is 0 Å². The predicted molar refractivity (Wildman–Crippen MR) is 62.1 cm³/mol. The van der Waals surface area contributed by atoms with Crippen molar-refractivity contribution in [3.63, 3.8) is 0 Å². The van der Waals surface area contributed by atoms with Gasteiger partial charge in [-0.1, -0.05) is 13.8 Å². The number of nitrogens with one attached hydrogen (secondary N) is 1. The SMILES string of the molecule is CCC(CC)NC[C@H](O)[C@@H](O)[C@H](O)CCO. The standard InChI is InChI=1S/C11H25NO4/c1-3-8(4-2)12-7-10(15)11(16)9(14)5-6-13/h8-16H,3-7H2,1-2H3/t9-,10+,11+/m1/s1. The van der Waals surface area contributed by atoms with Crippen molar-refractivity contribution in [2.45, 2.75) is 57.5 Å². The molecule has 0 spiro atoms. The Hall–Kier alpha value is -0.200. The van der Waals surface area contributed by atoms with Crippen LogP contribution in [0.5, 0.6) is 0 Å². The minimum Gasteiger partial charge on any atom is -0.396 e. The molecule has 16 heavy (non-hydrogen) atoms. The molecule has 0 unspecified atom stereocenters. The average molecular weight is 235 g/mol. The molecule has 0 bridgehead atoms. The molecule has 5 heteroatoms. The lowest BCUT2D eigenvalue weighted by molar-refractivity contribution is -0.0650. The van der Waals surface area contributed by atoms with Crippen LogP contribution in [0.25, 0.3) is 0 Å². The van der Waals surface area contributed by atoms with E-state index in [0.717, 1.165) is 12.8 Å². The van der Waals surface area contributed by atoms with E-state index >= 15 is 0 Å². The van der Waals surface area contributed by atoms with E-state index in [1.807, 2.05) is 13.8 Å². The van der Waals surface area contributed by atoms with Crippen molar-refractivity contribution in [2.75, 3.05) is 13.2 Å². The van der Waals surface area contributed by atoms with Crippen LogP contribution in [0.2, 0.25) is 0 Å². The van der Waals surface area contributed by atoms with Gasteiger partial charge in [0.25, 0.3) is 0 Å². The van der Waals surface area contributed by atoms with Crippen LogP contribution < -0.4 is 5.32 Å². The molecule has 0 aromatic carbocycles. The Morgan fingerprint density at radius 3 is 2.00 bits per heavy atom. The number of aliphatic hydroxyl groups is 4. The first-order valence-electron chi connectivity index (χ1n) is 5.95. The molecular formula is C11H25NO4. The normalized spacial score (nSPS) is 17.4. The van der Waals surface area contributed by atoms with Gasteiger partial charge in [-0.15, -0.1) is 0 Å². The zero-order chi connectivity index (χ0) is 12.6. The van der Waals surface area contributed by atoms with E-state index in [0.29, 0.717) is 6.04 Å². The number of rotatable bonds is 9. The topological polar surface area (TPSA) is 93.0 Å². The quantitative estimate of drug-likeness (QED) is 0.362. The lowest BCUT2D eigenvalue weighted by Crippen LogP contribution is -2.45. The molecule has 3 atom stereocenters. The first-order chi connectivity index (χ1) is 7.56. The molecule has 0 aromatic rings. The molecule has 0 saturated carbocycles. The van der Waals surface area contributed by atoms with Crippen LogP contribution in [-0.2, 0) is 0 Å². The number of hydrogen-bond donors (Lipinski definition) is 5. The second kappa shape index (κ2) is 8.90. The van der Waals surface area contributed by atoms with E-state index in [-0.39, 0.29) is 19.6 Å². The maximum Gasteiger partial charge on any atom is 0.107 e. The van der Waals surface area contributed by atoms with Crippen LogP contribution in [0.3, 0.4) is 0 Å². The summed E-state index contributed by atoms with van der Waals surface area (Å²) in [6.45, 7) is 4.14. The Bertz CT molecular complexity index is 164. The molecule has 0 fully saturated rings. The third-order valence-electron chi connectivity index (χ3n) is 2.81. The Morgan fingerprint density at radius 2 is 1.56 bits per heavy atom. The largest absolute Gasteiger partial charge is 0.396 e. The van der Waals surface area contributed by atoms with E-state index in [1.165, 1.54) is 0 Å². The molecular weight excluding hydrogens is 210 g/mol. The highest BCUT2D eigenvalue weighted by Crippen LogP contribution is 2.04. The fraction of sp³-hybridized carbons (Fsp3) is 1.00. The highest BCUT2D eigenvalue weighted by Gasteiger charge is 2.24. The van der Waals surface area contributed by atoms with Crippen molar-refractivity contribution in [2.24, 2.45) is 0 Å². The lowest BCUT2D eigenvalue weighted by Gasteiger charge is -2.24. The molecule has 0 aliphatic heterocycles. The highest BCUT2D eigenvalue weighted by molar-refractivity contribution is 4.78. The van der Waals surface area contributed by atoms with Gasteiger partial charge in [-0.3, -0.25) is 0 Å². The van der Waals surface area contributed by atoms with Gasteiger partial charge in [0, 0.05) is 19.2 Å². The summed E-state index contributed by atoms with van der Waals surface area (Å²) < 4.78 is 0. The first kappa shape index (κ1) is 15.8. The Kier molecular flexibility index (Phi) is 8.78. The summed E-state index contributed by atoms with van der Waals surface area (Å²) in [6.07, 6.45) is -1.32. The zero-order valence-corrected chi connectivity index (χ0v) is 10.1. The molecule has 5 nitrogen and oxygen atoms in total. The summed E-state index contributed by atoms with van der Waals surface area (Å²) in [5.41, 5.74) is 0. The highest BCUT2D eigenvalue weighted by atomic mass is 16.4. The van der Waals surface area contributed by atoms with Crippen LogP contribution in [0, 0.1) is 0 Å². The average Bonchev–Trinajstić information content (AvgIpc) is 2.29. The molecule has 5 N–H and O–H groups in total. The van der Waals surface area contributed by atoms with E-state index in [1.54, 1.807) is 0 Å². The fourth-order valence-corrected chi connectivity index (χ4v) is 1.54. The zero-order valence-electron chi connectivity index (χ0n) is 10.1. The number of aliphatic hydroxyl groups excluding tert-OH is 4. The second-order valence-electron chi connectivity index (χ2n) is 4.06. The van der Waals surface area contributed by atoms with Gasteiger partial charge in [0.05, 0.1) is 12.2 Å². The monoisotopic (exact) mass is 235 g/mol. The molecule has 0 aromatic heterocycles. The van der Waals surface area contributed by atoms with Crippen LogP contribution in [0.15, 0.2) is 0 Å². The van der Waals surface area contributed by atoms with Gasteiger partial charge in [-0.05, 0) is 19.3 Å². The van der Waals surface area contributed by atoms with Crippen LogP contribution in [-0.4, -0.2) is 57.9 Å². The van der Waals surface area contributed by atoms with Crippen LogP contribution in [0.4, 0.5) is 0 Å². The predicted octanol–water partition coefficient (Wildman–Crippen LogP) is -0.770. The van der Waals surface area contributed by atoms with Crippen molar-refractivity contribution in [1.29, 1.82) is 0 Å². The van der Waals surface area contributed by atoms with Crippen molar-refractivity contribution in [3.8, 4) is 0 Å². The van der Waals surface area contributed by atoms with Crippen molar-refractivity contribution in [1.82, 2.24) is 5.32 Å². The van der Waals surface area contributed by atoms with Crippen molar-refractivity contribution in [3.05, 3.63) is 0 Å². The summed E-state index contributed by atoms with van der Waals surface area (Å²) in [7, 11) is 0. The second-order valence-corrected chi connectivity index (χ2v) is 4.06. The maximum atomic E-state index is 9.60. The van der Waals surface area contributed by atoms with Gasteiger partial charge >= 0.3 is 0 Å². The van der Waals surface area contributed by atoms with E-state index in [2.05, 4.69) is 5.32 Å². The molecule has 0 radical (unpaired) electrons. The fourth-order valence-electron chi connectivity index (χ4n) is 1.54. The lowest BCUT2D eigenvalue weighted by atomic mass is 10.0. The number of hydrogen-bond acceptors (Lipinski definition) is 5. The van der Waals surface area contributed by atoms with E-state index in [4.69, 9.17) is 5.11 Å². The van der Waals surface area contributed by atoms with Gasteiger partial charge < -0.3 is 25.7 Å². The summed E-state index contributed by atoms with van der Waals surface area (Å²) in [4.78, 5) is 0. The summed E-state index contributed by atoms with van der Waals surface area (Å²) >= 11 is 0. The third kappa shape index (κ3) is 5.77. The minimum absolute atomic E-state index is 0.0726. The minimum atomic E-state index is -1.21. The Balaban J connectivity index is 3.90. The Morgan fingerprint density at radius 1 is 1.00 bits per heavy atom. The summed E-state index contributed by atoms with van der Waals surface area (Å²) in [5, 5.41) is 40.2. The molecule has 0 heterocycles. The molecule has 0 aliphatic rings. The van der Waals surface area contributed by atoms with Gasteiger partial charge in [0.1, 0.15) is 6.10 Å². The first-order valence-corrected chi connectivity index (χ1v) is 5.95. The van der Waals surface area contributed by atoms with Gasteiger partial charge in [-0.25, -0.2) is 0 Å². The third-order valence-corrected chi connectivity index (χ3v) is 2.81. The molecule has 0 aliphatic carbocycles.